The number of nitrogen functional groups attached to an aromatic ring is 2. The first-order valence-corrected chi connectivity index (χ1v) is 7.35. The van der Waals surface area contributed by atoms with Crippen LogP contribution in [0.3, 0.4) is 0 Å². The second-order valence-electron chi connectivity index (χ2n) is 4.25. The van der Waals surface area contributed by atoms with Crippen molar-refractivity contribution in [3.8, 4) is 0 Å². The quantitative estimate of drug-likeness (QED) is 0.265. The number of benzene rings is 2. The van der Waals surface area contributed by atoms with E-state index in [0.29, 0.717) is 27.6 Å². The summed E-state index contributed by atoms with van der Waals surface area (Å²) >= 11 is 7.25. The molecule has 5 N–H and O–H groups in total. The Morgan fingerprint density at radius 2 is 2.05 bits per heavy atom. The molecule has 0 bridgehead atoms. The highest BCUT2D eigenvalue weighted by atomic mass is 35.5. The lowest BCUT2D eigenvalue weighted by Gasteiger charge is -2.08. The minimum Gasteiger partial charge on any atom is -0.398 e. The highest BCUT2D eigenvalue weighted by Crippen LogP contribution is 2.31. The maximum Gasteiger partial charge on any atom is 0.265 e. The third kappa shape index (κ3) is 3.87. The van der Waals surface area contributed by atoms with E-state index in [2.05, 4.69) is 0 Å². The van der Waals surface area contributed by atoms with E-state index in [1.807, 2.05) is 5.43 Å². The Morgan fingerprint density at radius 3 is 2.76 bits per heavy atom. The van der Waals surface area contributed by atoms with Crippen molar-refractivity contribution in [2.24, 2.45) is 5.84 Å². The topological polar surface area (TPSA) is 81.1 Å². The molecule has 0 unspecified atom stereocenters. The number of anilines is 1. The molecule has 0 saturated heterocycles. The minimum absolute atomic E-state index is 0.300. The van der Waals surface area contributed by atoms with Crippen molar-refractivity contribution in [1.29, 1.82) is 0 Å². The highest BCUT2D eigenvalue weighted by molar-refractivity contribution is 7.98. The zero-order chi connectivity index (χ0) is 15.4. The van der Waals surface area contributed by atoms with Gasteiger partial charge in [-0.2, -0.15) is 0 Å². The molecule has 2 aromatic rings. The summed E-state index contributed by atoms with van der Waals surface area (Å²) in [5.74, 6) is 4.52. The summed E-state index contributed by atoms with van der Waals surface area (Å²) in [6.07, 6.45) is 0. The maximum absolute atomic E-state index is 13.8. The minimum atomic E-state index is -0.469. The van der Waals surface area contributed by atoms with Crippen molar-refractivity contribution >= 4 is 35.0 Å². The molecule has 0 saturated carbocycles. The lowest BCUT2D eigenvalue weighted by atomic mass is 10.1. The molecule has 0 aliphatic carbocycles. The molecule has 1 amide bonds. The van der Waals surface area contributed by atoms with Crippen molar-refractivity contribution in [1.82, 2.24) is 5.43 Å². The number of rotatable bonds is 4. The first-order valence-electron chi connectivity index (χ1n) is 5.98. The highest BCUT2D eigenvalue weighted by Gasteiger charge is 2.10. The molecule has 7 heteroatoms. The molecule has 0 atom stereocenters. The largest absolute Gasteiger partial charge is 0.398 e. The van der Waals surface area contributed by atoms with Crippen LogP contribution in [0.2, 0.25) is 5.02 Å². The number of carbonyl (C=O) groups is 1. The number of hydrazine groups is 1. The molecule has 2 aromatic carbocycles. The van der Waals surface area contributed by atoms with Gasteiger partial charge in [-0.25, -0.2) is 10.2 Å². The molecule has 110 valence electrons. The van der Waals surface area contributed by atoms with Gasteiger partial charge in [-0.15, -0.1) is 11.8 Å². The number of nitrogens with one attached hydrogen (secondary N) is 1. The van der Waals surface area contributed by atoms with Gasteiger partial charge < -0.3 is 5.73 Å². The summed E-state index contributed by atoms with van der Waals surface area (Å²) in [5.41, 5.74) is 9.11. The number of halogens is 2. The van der Waals surface area contributed by atoms with Gasteiger partial charge in [-0.1, -0.05) is 11.6 Å². The summed E-state index contributed by atoms with van der Waals surface area (Å²) < 4.78 is 13.8. The Balaban J connectivity index is 2.19. The molecule has 0 fully saturated rings. The predicted molar refractivity (Wildman–Crippen MR) is 83.5 cm³/mol. The van der Waals surface area contributed by atoms with E-state index in [1.54, 1.807) is 18.2 Å². The van der Waals surface area contributed by atoms with E-state index >= 15 is 0 Å². The zero-order valence-corrected chi connectivity index (χ0v) is 12.5. The Hall–Kier alpha value is -1.76. The predicted octanol–water partition coefficient (Wildman–Crippen LogP) is 2.96. The number of hydrogen-bond donors (Lipinski definition) is 3. The molecule has 4 nitrogen and oxygen atoms in total. The van der Waals surface area contributed by atoms with Crippen LogP contribution in [0.5, 0.6) is 0 Å². The summed E-state index contributed by atoms with van der Waals surface area (Å²) in [6, 6.07) is 9.18. The normalized spacial score (nSPS) is 10.4. The van der Waals surface area contributed by atoms with E-state index in [1.165, 1.54) is 30.0 Å². The lowest BCUT2D eigenvalue weighted by molar-refractivity contribution is 0.0953. The van der Waals surface area contributed by atoms with Crippen molar-refractivity contribution in [3.05, 3.63) is 58.4 Å². The van der Waals surface area contributed by atoms with E-state index in [4.69, 9.17) is 23.2 Å². The van der Waals surface area contributed by atoms with E-state index in [9.17, 15) is 9.18 Å². The Bertz CT molecular complexity index is 681. The fraction of sp³-hybridized carbons (Fsp3) is 0.0714. The van der Waals surface area contributed by atoms with Crippen molar-refractivity contribution in [3.63, 3.8) is 0 Å². The number of amides is 1. The summed E-state index contributed by atoms with van der Waals surface area (Å²) in [7, 11) is 0. The fourth-order valence-corrected chi connectivity index (χ4v) is 2.91. The van der Waals surface area contributed by atoms with Gasteiger partial charge >= 0.3 is 0 Å². The zero-order valence-electron chi connectivity index (χ0n) is 10.9. The molecular formula is C14H13ClFN3OS. The molecule has 0 aliphatic rings. The second-order valence-corrected chi connectivity index (χ2v) is 5.70. The van der Waals surface area contributed by atoms with Crippen LogP contribution in [-0.2, 0) is 5.75 Å². The summed E-state index contributed by atoms with van der Waals surface area (Å²) in [5, 5.41) is 0.559. The summed E-state index contributed by atoms with van der Waals surface area (Å²) in [6.45, 7) is 0. The van der Waals surface area contributed by atoms with Crippen molar-refractivity contribution in [2.75, 3.05) is 5.73 Å². The van der Waals surface area contributed by atoms with Gasteiger partial charge in [0.15, 0.2) is 0 Å². The van der Waals surface area contributed by atoms with Crippen LogP contribution in [0.4, 0.5) is 10.1 Å². The lowest BCUT2D eigenvalue weighted by Crippen LogP contribution is -2.30. The molecule has 21 heavy (non-hydrogen) atoms. The number of nitrogens with two attached hydrogens (primary N) is 2. The molecule has 0 spiro atoms. The van der Waals surface area contributed by atoms with E-state index < -0.39 is 11.7 Å². The van der Waals surface area contributed by atoms with E-state index in [-0.39, 0.29) is 0 Å². The average Bonchev–Trinajstić information content (AvgIpc) is 2.48. The monoisotopic (exact) mass is 325 g/mol. The van der Waals surface area contributed by atoms with Crippen LogP contribution >= 0.6 is 23.4 Å². The second kappa shape index (κ2) is 6.80. The molecular weight excluding hydrogens is 313 g/mol. The average molecular weight is 326 g/mol. The van der Waals surface area contributed by atoms with Gasteiger partial charge in [0.05, 0.1) is 0 Å². The standard InChI is InChI=1S/C14H13ClFN3OS/c15-10-2-4-12(17)13(6-10)21-7-9-5-8(14(20)19-18)1-3-11(9)16/h1-6H,7,17-18H2,(H,19,20). The molecule has 0 heterocycles. The first kappa shape index (κ1) is 15.6. The van der Waals surface area contributed by atoms with Crippen LogP contribution in [0, 0.1) is 5.82 Å². The number of hydrogen-bond acceptors (Lipinski definition) is 4. The third-order valence-electron chi connectivity index (χ3n) is 2.80. The van der Waals surface area contributed by atoms with Gasteiger partial charge in [-0.3, -0.25) is 10.2 Å². The van der Waals surface area contributed by atoms with Crippen molar-refractivity contribution < 1.29 is 9.18 Å². The first-order chi connectivity index (χ1) is 10.0. The Labute approximate surface area is 130 Å². The maximum atomic E-state index is 13.8. The van der Waals surface area contributed by atoms with Gasteiger partial charge in [-0.05, 0) is 42.0 Å². The van der Waals surface area contributed by atoms with Crippen LogP contribution < -0.4 is 17.0 Å². The Kier molecular flexibility index (Phi) is 5.06. The van der Waals surface area contributed by atoms with Crippen molar-refractivity contribution in [2.45, 2.75) is 10.6 Å². The van der Waals surface area contributed by atoms with E-state index in [0.717, 1.165) is 4.90 Å². The van der Waals surface area contributed by atoms with Gasteiger partial charge in [0.1, 0.15) is 5.82 Å². The smallest absolute Gasteiger partial charge is 0.265 e. The van der Waals surface area contributed by atoms with Gasteiger partial charge in [0, 0.05) is 26.9 Å². The molecule has 0 aromatic heterocycles. The fourth-order valence-electron chi connectivity index (χ4n) is 1.70. The molecule has 0 radical (unpaired) electrons. The van der Waals surface area contributed by atoms with Crippen LogP contribution in [0.25, 0.3) is 0 Å². The SMILES string of the molecule is NNC(=O)c1ccc(F)c(CSc2cc(Cl)ccc2N)c1. The third-order valence-corrected chi connectivity index (χ3v) is 4.15. The molecule has 2 rings (SSSR count). The number of thioether (sulfide) groups is 1. The summed E-state index contributed by atoms with van der Waals surface area (Å²) in [4.78, 5) is 12.2. The number of carbonyl (C=O) groups excluding carboxylic acids is 1. The van der Waals surface area contributed by atoms with Gasteiger partial charge in [0.2, 0.25) is 0 Å². The van der Waals surface area contributed by atoms with Crippen LogP contribution in [0.1, 0.15) is 15.9 Å². The Morgan fingerprint density at radius 1 is 1.29 bits per heavy atom. The van der Waals surface area contributed by atoms with Gasteiger partial charge in [0.25, 0.3) is 5.91 Å². The van der Waals surface area contributed by atoms with Crippen LogP contribution in [-0.4, -0.2) is 5.91 Å². The molecule has 0 aliphatic heterocycles. The van der Waals surface area contributed by atoms with Crippen LogP contribution in [0.15, 0.2) is 41.3 Å².